The largest absolute Gasteiger partial charge is 0.376 e. The molecular formula is C13H17ClN4. The van der Waals surface area contributed by atoms with E-state index >= 15 is 0 Å². The molecular weight excluding hydrogens is 248 g/mol. The Morgan fingerprint density at radius 3 is 2.78 bits per heavy atom. The van der Waals surface area contributed by atoms with Crippen molar-refractivity contribution in [3.05, 3.63) is 41.4 Å². The van der Waals surface area contributed by atoms with Gasteiger partial charge in [0.05, 0.1) is 22.9 Å². The highest BCUT2D eigenvalue weighted by Crippen LogP contribution is 2.32. The first-order valence-corrected chi connectivity index (χ1v) is 6.13. The number of hydrogen-bond donors (Lipinski definition) is 1. The van der Waals surface area contributed by atoms with Gasteiger partial charge in [-0.15, -0.1) is 0 Å². The molecule has 18 heavy (non-hydrogen) atoms. The van der Waals surface area contributed by atoms with Crippen molar-refractivity contribution in [1.82, 2.24) is 9.55 Å². The second-order valence-corrected chi connectivity index (χ2v) is 4.75. The third-order valence-corrected chi connectivity index (χ3v) is 3.10. The average molecular weight is 265 g/mol. The Morgan fingerprint density at radius 2 is 2.17 bits per heavy atom. The van der Waals surface area contributed by atoms with Crippen molar-refractivity contribution in [2.75, 3.05) is 24.3 Å². The second-order valence-electron chi connectivity index (χ2n) is 4.34. The van der Waals surface area contributed by atoms with Crippen molar-refractivity contribution >= 4 is 23.0 Å². The molecule has 2 aromatic rings. The number of imidazole rings is 1. The van der Waals surface area contributed by atoms with Crippen LogP contribution in [-0.4, -0.2) is 23.6 Å². The number of nitrogens with one attached hydrogen (secondary N) is 1. The number of benzene rings is 1. The lowest BCUT2D eigenvalue weighted by atomic mass is 10.2. The lowest BCUT2D eigenvalue weighted by Crippen LogP contribution is -2.13. The van der Waals surface area contributed by atoms with Gasteiger partial charge in [-0.1, -0.05) is 17.7 Å². The van der Waals surface area contributed by atoms with E-state index in [0.29, 0.717) is 6.54 Å². The number of rotatable bonds is 4. The summed E-state index contributed by atoms with van der Waals surface area (Å²) in [5, 5.41) is 4.11. The number of para-hydroxylation sites is 1. The van der Waals surface area contributed by atoms with Crippen LogP contribution in [0.25, 0.3) is 0 Å². The van der Waals surface area contributed by atoms with Gasteiger partial charge < -0.3 is 14.8 Å². The molecule has 0 radical (unpaired) electrons. The van der Waals surface area contributed by atoms with Gasteiger partial charge in [-0.2, -0.15) is 0 Å². The van der Waals surface area contributed by atoms with Crippen molar-refractivity contribution in [3.63, 3.8) is 0 Å². The maximum Gasteiger partial charge on any atom is 0.127 e. The Balaban J connectivity index is 2.19. The number of halogens is 1. The average Bonchev–Trinajstić information content (AvgIpc) is 2.71. The molecule has 4 nitrogen and oxygen atoms in total. The molecule has 0 aliphatic rings. The van der Waals surface area contributed by atoms with Gasteiger partial charge >= 0.3 is 0 Å². The molecule has 0 atom stereocenters. The van der Waals surface area contributed by atoms with Gasteiger partial charge in [0.25, 0.3) is 0 Å². The number of hydrogen-bond acceptors (Lipinski definition) is 3. The molecule has 0 saturated heterocycles. The van der Waals surface area contributed by atoms with E-state index in [1.54, 1.807) is 6.20 Å². The predicted octanol–water partition coefficient (Wildman–Crippen LogP) is 2.75. The van der Waals surface area contributed by atoms with E-state index in [4.69, 9.17) is 11.6 Å². The summed E-state index contributed by atoms with van der Waals surface area (Å²) in [7, 11) is 5.94. The van der Waals surface area contributed by atoms with Gasteiger partial charge in [0.2, 0.25) is 0 Å². The van der Waals surface area contributed by atoms with Gasteiger partial charge in [0.1, 0.15) is 5.82 Å². The Bertz CT molecular complexity index is 534. The van der Waals surface area contributed by atoms with Crippen LogP contribution in [0.2, 0.25) is 5.02 Å². The molecule has 1 aromatic carbocycles. The molecule has 1 aromatic heterocycles. The lowest BCUT2D eigenvalue weighted by molar-refractivity contribution is 0.812. The lowest BCUT2D eigenvalue weighted by Gasteiger charge is -2.19. The summed E-state index contributed by atoms with van der Waals surface area (Å²) >= 11 is 6.21. The molecule has 0 aliphatic heterocycles. The standard InChI is InChI=1S/C13H17ClN4/c1-17(2)13-10(14)5-4-6-11(13)16-9-12-15-7-8-18(12)3/h4-8,16H,9H2,1-3H3. The van der Waals surface area contributed by atoms with Gasteiger partial charge in [0, 0.05) is 33.5 Å². The molecule has 2 rings (SSSR count). The minimum atomic E-state index is 0.671. The molecule has 5 heteroatoms. The van der Waals surface area contributed by atoms with Crippen LogP contribution in [0.5, 0.6) is 0 Å². The maximum atomic E-state index is 6.21. The summed E-state index contributed by atoms with van der Waals surface area (Å²) in [4.78, 5) is 6.28. The number of nitrogens with zero attached hydrogens (tertiary/aromatic N) is 3. The quantitative estimate of drug-likeness (QED) is 0.922. The maximum absolute atomic E-state index is 6.21. The molecule has 0 amide bonds. The number of anilines is 2. The highest BCUT2D eigenvalue weighted by molar-refractivity contribution is 6.34. The minimum Gasteiger partial charge on any atom is -0.376 e. The van der Waals surface area contributed by atoms with Crippen LogP contribution in [0, 0.1) is 0 Å². The van der Waals surface area contributed by atoms with Crippen molar-refractivity contribution in [3.8, 4) is 0 Å². The minimum absolute atomic E-state index is 0.671. The topological polar surface area (TPSA) is 33.1 Å². The fourth-order valence-electron chi connectivity index (χ4n) is 1.85. The predicted molar refractivity (Wildman–Crippen MR) is 76.3 cm³/mol. The third kappa shape index (κ3) is 2.59. The first-order valence-electron chi connectivity index (χ1n) is 5.75. The highest BCUT2D eigenvalue weighted by Gasteiger charge is 2.09. The van der Waals surface area contributed by atoms with E-state index in [2.05, 4.69) is 10.3 Å². The number of aromatic nitrogens is 2. The summed E-state index contributed by atoms with van der Waals surface area (Å²) in [6.07, 6.45) is 3.73. The van der Waals surface area contributed by atoms with Crippen LogP contribution in [0.1, 0.15) is 5.82 Å². The Hall–Kier alpha value is -1.68. The zero-order chi connectivity index (χ0) is 13.1. The van der Waals surface area contributed by atoms with Crippen LogP contribution in [0.15, 0.2) is 30.6 Å². The number of aryl methyl sites for hydroxylation is 1. The molecule has 0 unspecified atom stereocenters. The molecule has 0 spiro atoms. The van der Waals surface area contributed by atoms with E-state index in [1.807, 2.05) is 55.0 Å². The summed E-state index contributed by atoms with van der Waals surface area (Å²) in [6, 6.07) is 5.85. The zero-order valence-electron chi connectivity index (χ0n) is 10.8. The van der Waals surface area contributed by atoms with Gasteiger partial charge in [-0.05, 0) is 12.1 Å². The smallest absolute Gasteiger partial charge is 0.127 e. The fraction of sp³-hybridized carbons (Fsp3) is 0.308. The van der Waals surface area contributed by atoms with Crippen molar-refractivity contribution in [2.24, 2.45) is 7.05 Å². The van der Waals surface area contributed by atoms with Gasteiger partial charge in [-0.25, -0.2) is 4.98 Å². The molecule has 1 heterocycles. The Labute approximate surface area is 112 Å². The molecule has 1 N–H and O–H groups in total. The van der Waals surface area contributed by atoms with Gasteiger partial charge in [-0.3, -0.25) is 0 Å². The van der Waals surface area contributed by atoms with E-state index < -0.39 is 0 Å². The fourth-order valence-corrected chi connectivity index (χ4v) is 2.20. The molecule has 0 fully saturated rings. The van der Waals surface area contributed by atoms with E-state index in [9.17, 15) is 0 Å². The molecule has 96 valence electrons. The zero-order valence-corrected chi connectivity index (χ0v) is 11.6. The highest BCUT2D eigenvalue weighted by atomic mass is 35.5. The van der Waals surface area contributed by atoms with Crippen LogP contribution in [0.4, 0.5) is 11.4 Å². The summed E-state index contributed by atoms with van der Waals surface area (Å²) in [5.74, 6) is 0.986. The molecule has 0 bridgehead atoms. The Kier molecular flexibility index (Phi) is 3.77. The SMILES string of the molecule is CN(C)c1c(Cl)cccc1NCc1nccn1C. The molecule has 0 aliphatic carbocycles. The first kappa shape index (κ1) is 12.8. The van der Waals surface area contributed by atoms with E-state index in [-0.39, 0.29) is 0 Å². The van der Waals surface area contributed by atoms with Crippen molar-refractivity contribution in [2.45, 2.75) is 6.54 Å². The third-order valence-electron chi connectivity index (χ3n) is 2.79. The van der Waals surface area contributed by atoms with E-state index in [1.165, 1.54) is 0 Å². The van der Waals surface area contributed by atoms with Crippen molar-refractivity contribution in [1.29, 1.82) is 0 Å². The second kappa shape index (κ2) is 5.31. The van der Waals surface area contributed by atoms with Gasteiger partial charge in [0.15, 0.2) is 0 Å². The Morgan fingerprint density at radius 1 is 1.39 bits per heavy atom. The molecule has 0 saturated carbocycles. The summed E-state index contributed by atoms with van der Waals surface area (Å²) < 4.78 is 1.99. The van der Waals surface area contributed by atoms with Crippen LogP contribution in [-0.2, 0) is 13.6 Å². The van der Waals surface area contributed by atoms with Crippen LogP contribution < -0.4 is 10.2 Å². The first-order chi connectivity index (χ1) is 8.59. The monoisotopic (exact) mass is 264 g/mol. The van der Waals surface area contributed by atoms with Crippen LogP contribution >= 0.6 is 11.6 Å². The van der Waals surface area contributed by atoms with Crippen molar-refractivity contribution < 1.29 is 0 Å². The van der Waals surface area contributed by atoms with E-state index in [0.717, 1.165) is 22.2 Å². The normalized spacial score (nSPS) is 10.4. The van der Waals surface area contributed by atoms with Crippen LogP contribution in [0.3, 0.4) is 0 Å². The summed E-state index contributed by atoms with van der Waals surface area (Å²) in [5.41, 5.74) is 2.00. The summed E-state index contributed by atoms with van der Waals surface area (Å²) in [6.45, 7) is 0.671.